The zero-order valence-corrected chi connectivity index (χ0v) is 12.3. The molecule has 110 valence electrons. The Morgan fingerprint density at radius 1 is 1.29 bits per heavy atom. The predicted molar refractivity (Wildman–Crippen MR) is 75.3 cm³/mol. The molecule has 0 fully saturated rings. The normalized spacial score (nSPS) is 10.4. The molecule has 2 rings (SSSR count). The molecular weight excluding hydrogens is 348 g/mol. The molecule has 10 heteroatoms. The molecule has 0 spiro atoms. The average Bonchev–Trinajstić information content (AvgIpc) is 2.79. The molecule has 9 nitrogen and oxygen atoms in total. The van der Waals surface area contributed by atoms with E-state index in [1.807, 2.05) is 0 Å². The van der Waals surface area contributed by atoms with E-state index in [1.165, 1.54) is 30.1 Å². The Balaban J connectivity index is 2.34. The van der Waals surface area contributed by atoms with Crippen molar-refractivity contribution in [3.05, 3.63) is 54.7 Å². The average molecular weight is 357 g/mol. The molecule has 0 bridgehead atoms. The fraction of sp³-hybridized carbons (Fsp3) is 0.182. The Labute approximate surface area is 126 Å². The van der Waals surface area contributed by atoms with Crippen molar-refractivity contribution in [2.24, 2.45) is 0 Å². The minimum Gasteiger partial charge on any atom is -0.496 e. The number of nitrogens with zero attached hydrogens (tertiary/aromatic N) is 4. The Morgan fingerprint density at radius 2 is 2.00 bits per heavy atom. The van der Waals surface area contributed by atoms with E-state index in [1.54, 1.807) is 6.07 Å². The first-order valence-corrected chi connectivity index (χ1v) is 6.39. The summed E-state index contributed by atoms with van der Waals surface area (Å²) in [4.78, 5) is 20.4. The largest absolute Gasteiger partial charge is 0.496 e. The summed E-state index contributed by atoms with van der Waals surface area (Å²) in [6.45, 7) is 0.143. The number of halogens is 1. The molecule has 1 aromatic heterocycles. The summed E-state index contributed by atoms with van der Waals surface area (Å²) in [5.74, 6) is 0.0207. The molecule has 21 heavy (non-hydrogen) atoms. The maximum absolute atomic E-state index is 10.9. The van der Waals surface area contributed by atoms with Crippen molar-refractivity contribution >= 4 is 27.4 Å². The SMILES string of the molecule is COc1cc(Cn2cc(Br)c([N+](=O)[O-])n2)cc([N+](=O)[O-])c1. The molecule has 0 amide bonds. The van der Waals surface area contributed by atoms with Crippen LogP contribution in [-0.2, 0) is 6.54 Å². The Hall–Kier alpha value is -2.49. The molecule has 0 aliphatic carbocycles. The Morgan fingerprint density at radius 3 is 2.52 bits per heavy atom. The van der Waals surface area contributed by atoms with E-state index in [9.17, 15) is 20.2 Å². The van der Waals surface area contributed by atoms with Crippen LogP contribution in [0.3, 0.4) is 0 Å². The summed E-state index contributed by atoms with van der Waals surface area (Å²) in [5, 5.41) is 25.4. The molecule has 0 saturated carbocycles. The van der Waals surface area contributed by atoms with E-state index in [4.69, 9.17) is 4.74 Å². The van der Waals surface area contributed by atoms with Gasteiger partial charge in [-0.1, -0.05) is 0 Å². The lowest BCUT2D eigenvalue weighted by atomic mass is 10.2. The smallest absolute Gasteiger partial charge is 0.404 e. The standard InChI is InChI=1S/C11H9BrN4O5/c1-21-9-3-7(2-8(4-9)15(17)18)5-14-6-10(12)11(13-14)16(19)20/h2-4,6H,5H2,1H3. The van der Waals surface area contributed by atoms with Gasteiger partial charge < -0.3 is 14.9 Å². The highest BCUT2D eigenvalue weighted by atomic mass is 79.9. The molecule has 0 atom stereocenters. The quantitative estimate of drug-likeness (QED) is 0.600. The number of non-ortho nitro benzene ring substituents is 1. The highest BCUT2D eigenvalue weighted by Gasteiger charge is 2.19. The van der Waals surface area contributed by atoms with Gasteiger partial charge in [0.15, 0.2) is 0 Å². The van der Waals surface area contributed by atoms with E-state index in [0.29, 0.717) is 11.3 Å². The van der Waals surface area contributed by atoms with Crippen molar-refractivity contribution in [1.29, 1.82) is 0 Å². The van der Waals surface area contributed by atoms with Crippen LogP contribution in [0.2, 0.25) is 0 Å². The van der Waals surface area contributed by atoms with Gasteiger partial charge >= 0.3 is 5.82 Å². The van der Waals surface area contributed by atoms with Gasteiger partial charge in [-0.05, 0) is 32.5 Å². The van der Waals surface area contributed by atoms with E-state index in [0.717, 1.165) is 0 Å². The molecule has 2 aromatic rings. The molecule has 0 N–H and O–H groups in total. The topological polar surface area (TPSA) is 113 Å². The lowest BCUT2D eigenvalue weighted by Crippen LogP contribution is -2.02. The maximum atomic E-state index is 10.9. The maximum Gasteiger partial charge on any atom is 0.404 e. The van der Waals surface area contributed by atoms with Crippen LogP contribution in [0.15, 0.2) is 28.9 Å². The second kappa shape index (κ2) is 5.87. The molecule has 1 heterocycles. The van der Waals surface area contributed by atoms with Crippen molar-refractivity contribution in [3.8, 4) is 5.75 Å². The summed E-state index contributed by atoms with van der Waals surface area (Å²) in [6, 6.07) is 4.27. The number of nitro benzene ring substituents is 1. The van der Waals surface area contributed by atoms with E-state index in [2.05, 4.69) is 21.0 Å². The second-order valence-electron chi connectivity index (χ2n) is 4.05. The van der Waals surface area contributed by atoms with Gasteiger partial charge in [-0.25, -0.2) is 0 Å². The van der Waals surface area contributed by atoms with E-state index >= 15 is 0 Å². The molecule has 0 aliphatic rings. The zero-order valence-electron chi connectivity index (χ0n) is 10.7. The summed E-state index contributed by atoms with van der Waals surface area (Å²) in [6.07, 6.45) is 1.43. The number of rotatable bonds is 5. The number of methoxy groups -OCH3 is 1. The molecule has 0 saturated heterocycles. The molecule has 0 radical (unpaired) electrons. The van der Waals surface area contributed by atoms with Gasteiger partial charge in [-0.2, -0.15) is 4.68 Å². The third-order valence-corrected chi connectivity index (χ3v) is 3.17. The number of ether oxygens (including phenoxy) is 1. The minimum absolute atomic E-state index is 0.120. The second-order valence-corrected chi connectivity index (χ2v) is 4.91. The molecular formula is C11H9BrN4O5. The minimum atomic E-state index is -0.616. The third kappa shape index (κ3) is 3.34. The Bertz CT molecular complexity index is 715. The first-order chi connectivity index (χ1) is 9.90. The van der Waals surface area contributed by atoms with Crippen LogP contribution >= 0.6 is 15.9 Å². The highest BCUT2D eigenvalue weighted by Crippen LogP contribution is 2.25. The van der Waals surface area contributed by atoms with Crippen LogP contribution in [0.25, 0.3) is 0 Å². The number of aromatic nitrogens is 2. The van der Waals surface area contributed by atoms with Gasteiger partial charge in [0.1, 0.15) is 10.2 Å². The molecule has 1 aromatic carbocycles. The first-order valence-electron chi connectivity index (χ1n) is 5.60. The van der Waals surface area contributed by atoms with E-state index < -0.39 is 9.85 Å². The van der Waals surface area contributed by atoms with Crippen molar-refractivity contribution < 1.29 is 14.6 Å². The van der Waals surface area contributed by atoms with Crippen molar-refractivity contribution in [1.82, 2.24) is 9.78 Å². The monoisotopic (exact) mass is 356 g/mol. The van der Waals surface area contributed by atoms with Crippen molar-refractivity contribution in [2.75, 3.05) is 7.11 Å². The number of benzene rings is 1. The zero-order chi connectivity index (χ0) is 15.6. The number of hydrogen-bond acceptors (Lipinski definition) is 6. The van der Waals surface area contributed by atoms with Crippen LogP contribution < -0.4 is 4.74 Å². The van der Waals surface area contributed by atoms with Crippen LogP contribution in [0, 0.1) is 20.2 Å². The predicted octanol–water partition coefficient (Wildman–Crippen LogP) is 2.52. The summed E-state index contributed by atoms with van der Waals surface area (Å²) >= 11 is 3.04. The van der Waals surface area contributed by atoms with Gasteiger partial charge in [0.25, 0.3) is 5.69 Å². The first kappa shape index (κ1) is 14.9. The van der Waals surface area contributed by atoms with Gasteiger partial charge in [0.05, 0.1) is 35.9 Å². The van der Waals surface area contributed by atoms with Crippen LogP contribution in [0.1, 0.15) is 5.56 Å². The van der Waals surface area contributed by atoms with Crippen LogP contribution in [0.5, 0.6) is 5.75 Å². The summed E-state index contributed by atoms with van der Waals surface area (Å²) in [5.41, 5.74) is 0.427. The van der Waals surface area contributed by atoms with Gasteiger partial charge in [-0.3, -0.25) is 10.1 Å². The van der Waals surface area contributed by atoms with Crippen molar-refractivity contribution in [3.63, 3.8) is 0 Å². The van der Waals surface area contributed by atoms with Gasteiger partial charge in [-0.15, -0.1) is 0 Å². The lowest BCUT2D eigenvalue weighted by Gasteiger charge is -2.03. The number of nitro groups is 2. The summed E-state index contributed by atoms with van der Waals surface area (Å²) in [7, 11) is 1.40. The lowest BCUT2D eigenvalue weighted by molar-refractivity contribution is -0.390. The third-order valence-electron chi connectivity index (χ3n) is 2.61. The molecule has 0 aliphatic heterocycles. The summed E-state index contributed by atoms with van der Waals surface area (Å²) < 4.78 is 6.56. The van der Waals surface area contributed by atoms with Gasteiger partial charge in [0.2, 0.25) is 0 Å². The highest BCUT2D eigenvalue weighted by molar-refractivity contribution is 9.10. The fourth-order valence-corrected chi connectivity index (χ4v) is 2.20. The van der Waals surface area contributed by atoms with Crippen LogP contribution in [0.4, 0.5) is 11.5 Å². The fourth-order valence-electron chi connectivity index (χ4n) is 1.74. The van der Waals surface area contributed by atoms with E-state index in [-0.39, 0.29) is 22.5 Å². The Kier molecular flexibility index (Phi) is 4.17. The van der Waals surface area contributed by atoms with Crippen LogP contribution in [-0.4, -0.2) is 26.7 Å². The molecule has 0 unspecified atom stereocenters. The van der Waals surface area contributed by atoms with Gasteiger partial charge in [0, 0.05) is 6.07 Å². The van der Waals surface area contributed by atoms with Crippen molar-refractivity contribution in [2.45, 2.75) is 6.54 Å². The number of hydrogen-bond donors (Lipinski definition) is 0.